The molecule has 1 unspecified atom stereocenters. The van der Waals surface area contributed by atoms with Crippen LogP contribution in [0.5, 0.6) is 11.5 Å². The van der Waals surface area contributed by atoms with Crippen molar-refractivity contribution in [2.75, 3.05) is 13.3 Å². The van der Waals surface area contributed by atoms with Crippen molar-refractivity contribution >= 4 is 5.91 Å². The first-order valence-corrected chi connectivity index (χ1v) is 6.96. The van der Waals surface area contributed by atoms with Gasteiger partial charge in [-0.2, -0.15) is 0 Å². The quantitative estimate of drug-likeness (QED) is 0.879. The van der Waals surface area contributed by atoms with Crippen molar-refractivity contribution < 1.29 is 23.8 Å². The molecular formula is C16H17NO5. The number of hydrogen-bond acceptors (Lipinski definition) is 5. The third-order valence-electron chi connectivity index (χ3n) is 3.40. The Bertz CT molecular complexity index is 663. The van der Waals surface area contributed by atoms with Crippen molar-refractivity contribution in [1.29, 1.82) is 0 Å². The van der Waals surface area contributed by atoms with Gasteiger partial charge in [-0.3, -0.25) is 4.79 Å². The highest BCUT2D eigenvalue weighted by molar-refractivity contribution is 5.95. The Morgan fingerprint density at radius 3 is 2.91 bits per heavy atom. The largest absolute Gasteiger partial charge is 0.469 e. The highest BCUT2D eigenvalue weighted by Crippen LogP contribution is 2.32. The van der Waals surface area contributed by atoms with E-state index in [0.29, 0.717) is 29.2 Å². The zero-order valence-electron chi connectivity index (χ0n) is 12.2. The Balaban J connectivity index is 1.59. The second kappa shape index (κ2) is 5.73. The summed E-state index contributed by atoms with van der Waals surface area (Å²) in [4.78, 5) is 12.2. The molecule has 1 aliphatic heterocycles. The second-order valence-corrected chi connectivity index (χ2v) is 5.50. The van der Waals surface area contributed by atoms with Crippen LogP contribution in [-0.4, -0.2) is 30.0 Å². The van der Waals surface area contributed by atoms with Crippen LogP contribution in [-0.2, 0) is 6.42 Å². The molecule has 0 radical (unpaired) electrons. The maximum absolute atomic E-state index is 12.2. The van der Waals surface area contributed by atoms with Crippen LogP contribution in [0.4, 0.5) is 0 Å². The summed E-state index contributed by atoms with van der Waals surface area (Å²) < 4.78 is 15.7. The SMILES string of the molecule is CC(O)(CNC(=O)c1ccc2c(c1)OCO2)Cc1ccco1. The molecular weight excluding hydrogens is 286 g/mol. The predicted molar refractivity (Wildman–Crippen MR) is 77.9 cm³/mol. The first-order chi connectivity index (χ1) is 10.5. The Labute approximate surface area is 127 Å². The van der Waals surface area contributed by atoms with Gasteiger partial charge in [-0.1, -0.05) is 0 Å². The van der Waals surface area contributed by atoms with Gasteiger partial charge in [-0.15, -0.1) is 0 Å². The van der Waals surface area contributed by atoms with Crippen LogP contribution >= 0.6 is 0 Å². The normalized spacial score (nSPS) is 15.4. The maximum Gasteiger partial charge on any atom is 0.251 e. The van der Waals surface area contributed by atoms with Crippen LogP contribution in [0.15, 0.2) is 41.0 Å². The molecule has 2 heterocycles. The first kappa shape index (κ1) is 14.5. The van der Waals surface area contributed by atoms with E-state index >= 15 is 0 Å². The van der Waals surface area contributed by atoms with Crippen molar-refractivity contribution in [2.45, 2.75) is 18.9 Å². The maximum atomic E-state index is 12.2. The van der Waals surface area contributed by atoms with Crippen LogP contribution in [0.2, 0.25) is 0 Å². The van der Waals surface area contributed by atoms with Crippen LogP contribution < -0.4 is 14.8 Å². The molecule has 2 N–H and O–H groups in total. The van der Waals surface area contributed by atoms with Gasteiger partial charge in [0, 0.05) is 18.5 Å². The molecule has 1 aliphatic rings. The molecule has 2 aromatic rings. The number of carbonyl (C=O) groups excluding carboxylic acids is 1. The fourth-order valence-electron chi connectivity index (χ4n) is 2.26. The van der Waals surface area contributed by atoms with Crippen molar-refractivity contribution in [3.05, 3.63) is 47.9 Å². The third-order valence-corrected chi connectivity index (χ3v) is 3.40. The van der Waals surface area contributed by atoms with E-state index in [-0.39, 0.29) is 19.2 Å². The molecule has 22 heavy (non-hydrogen) atoms. The van der Waals surface area contributed by atoms with E-state index in [1.54, 1.807) is 43.5 Å². The van der Waals surface area contributed by atoms with Crippen LogP contribution in [0.25, 0.3) is 0 Å². The predicted octanol–water partition coefficient (Wildman–Crippen LogP) is 1.73. The van der Waals surface area contributed by atoms with Crippen LogP contribution in [0, 0.1) is 0 Å². The highest BCUT2D eigenvalue weighted by Gasteiger charge is 2.24. The molecule has 1 atom stereocenters. The third kappa shape index (κ3) is 3.23. The van der Waals surface area contributed by atoms with Gasteiger partial charge in [-0.05, 0) is 37.3 Å². The lowest BCUT2D eigenvalue weighted by molar-refractivity contribution is 0.0510. The van der Waals surface area contributed by atoms with Crippen LogP contribution in [0.1, 0.15) is 23.0 Å². The van der Waals surface area contributed by atoms with Gasteiger partial charge >= 0.3 is 0 Å². The zero-order valence-corrected chi connectivity index (χ0v) is 12.2. The smallest absolute Gasteiger partial charge is 0.251 e. The van der Waals surface area contributed by atoms with E-state index in [0.717, 1.165) is 0 Å². The minimum Gasteiger partial charge on any atom is -0.469 e. The number of nitrogens with one attached hydrogen (secondary N) is 1. The molecule has 0 spiro atoms. The lowest BCUT2D eigenvalue weighted by Gasteiger charge is -2.22. The van der Waals surface area contributed by atoms with Gasteiger partial charge < -0.3 is 24.3 Å². The lowest BCUT2D eigenvalue weighted by Crippen LogP contribution is -2.42. The summed E-state index contributed by atoms with van der Waals surface area (Å²) in [6, 6.07) is 8.52. The van der Waals surface area contributed by atoms with Crippen molar-refractivity contribution in [3.8, 4) is 11.5 Å². The highest BCUT2D eigenvalue weighted by atomic mass is 16.7. The molecule has 116 valence electrons. The first-order valence-electron chi connectivity index (χ1n) is 6.96. The Kier molecular flexibility index (Phi) is 3.77. The number of aliphatic hydroxyl groups is 1. The summed E-state index contributed by atoms with van der Waals surface area (Å²) in [5, 5.41) is 13.0. The van der Waals surface area contributed by atoms with E-state index in [1.807, 2.05) is 0 Å². The van der Waals surface area contributed by atoms with E-state index in [9.17, 15) is 9.90 Å². The molecule has 1 amide bonds. The molecule has 0 saturated carbocycles. The summed E-state index contributed by atoms with van der Waals surface area (Å²) in [5.74, 6) is 1.57. The number of fused-ring (bicyclic) bond motifs is 1. The molecule has 0 fully saturated rings. The standard InChI is InChI=1S/C16H17NO5/c1-16(19,8-12-3-2-6-20-12)9-17-15(18)11-4-5-13-14(7-11)22-10-21-13/h2-7,19H,8-10H2,1H3,(H,17,18). The Morgan fingerprint density at radius 1 is 1.32 bits per heavy atom. The minimum absolute atomic E-state index is 0.112. The van der Waals surface area contributed by atoms with Gasteiger partial charge in [-0.25, -0.2) is 0 Å². The topological polar surface area (TPSA) is 80.9 Å². The monoisotopic (exact) mass is 303 g/mol. The molecule has 0 saturated heterocycles. The van der Waals surface area contributed by atoms with Gasteiger partial charge in [0.15, 0.2) is 11.5 Å². The van der Waals surface area contributed by atoms with E-state index < -0.39 is 5.60 Å². The van der Waals surface area contributed by atoms with Crippen molar-refractivity contribution in [3.63, 3.8) is 0 Å². The molecule has 6 nitrogen and oxygen atoms in total. The van der Waals surface area contributed by atoms with E-state index in [4.69, 9.17) is 13.9 Å². The number of hydrogen-bond donors (Lipinski definition) is 2. The fraction of sp³-hybridized carbons (Fsp3) is 0.312. The van der Waals surface area contributed by atoms with Gasteiger partial charge in [0.25, 0.3) is 5.91 Å². The summed E-state index contributed by atoms with van der Waals surface area (Å²) in [6.07, 6.45) is 1.87. The number of furan rings is 1. The fourth-order valence-corrected chi connectivity index (χ4v) is 2.26. The molecule has 1 aromatic heterocycles. The molecule has 1 aromatic carbocycles. The second-order valence-electron chi connectivity index (χ2n) is 5.50. The summed E-state index contributed by atoms with van der Waals surface area (Å²) in [7, 11) is 0. The average molecular weight is 303 g/mol. The number of carbonyl (C=O) groups is 1. The molecule has 3 rings (SSSR count). The van der Waals surface area contributed by atoms with Gasteiger partial charge in [0.1, 0.15) is 5.76 Å². The summed E-state index contributed by atoms with van der Waals surface area (Å²) in [6.45, 7) is 1.93. The number of amides is 1. The van der Waals surface area contributed by atoms with Crippen LogP contribution in [0.3, 0.4) is 0 Å². The summed E-state index contributed by atoms with van der Waals surface area (Å²) >= 11 is 0. The van der Waals surface area contributed by atoms with Crippen molar-refractivity contribution in [2.24, 2.45) is 0 Å². The molecule has 6 heteroatoms. The summed E-state index contributed by atoms with van der Waals surface area (Å²) in [5.41, 5.74) is -0.637. The number of ether oxygens (including phenoxy) is 2. The lowest BCUT2D eigenvalue weighted by atomic mass is 10.0. The molecule has 0 bridgehead atoms. The van der Waals surface area contributed by atoms with Gasteiger partial charge in [0.2, 0.25) is 6.79 Å². The number of rotatable bonds is 5. The molecule has 0 aliphatic carbocycles. The van der Waals surface area contributed by atoms with E-state index in [2.05, 4.69) is 5.32 Å². The minimum atomic E-state index is -1.09. The van der Waals surface area contributed by atoms with Gasteiger partial charge in [0.05, 0.1) is 11.9 Å². The Hall–Kier alpha value is -2.47. The van der Waals surface area contributed by atoms with Crippen molar-refractivity contribution in [1.82, 2.24) is 5.32 Å². The number of benzene rings is 1. The Morgan fingerprint density at radius 2 is 2.14 bits per heavy atom. The average Bonchev–Trinajstić information content (AvgIpc) is 3.14. The zero-order chi connectivity index (χ0) is 15.6. The van der Waals surface area contributed by atoms with E-state index in [1.165, 1.54) is 0 Å².